The van der Waals surface area contributed by atoms with Crippen molar-refractivity contribution in [1.29, 1.82) is 0 Å². The fourth-order valence-electron chi connectivity index (χ4n) is 1.64. The van der Waals surface area contributed by atoms with Crippen LogP contribution in [0.25, 0.3) is 0 Å². The molecule has 2 N–H and O–H groups in total. The van der Waals surface area contributed by atoms with Gasteiger partial charge in [0.05, 0.1) is 0 Å². The summed E-state index contributed by atoms with van der Waals surface area (Å²) in [6, 6.07) is 9.06. The Bertz CT molecular complexity index is 537. The second kappa shape index (κ2) is 6.44. The molecule has 2 aromatic rings. The molecular formula is C13H14N4O2. The highest BCUT2D eigenvalue weighted by Crippen LogP contribution is 2.07. The lowest BCUT2D eigenvalue weighted by Gasteiger charge is -2.02. The number of ketones is 1. The van der Waals surface area contributed by atoms with E-state index < -0.39 is 0 Å². The molecule has 1 aromatic heterocycles. The van der Waals surface area contributed by atoms with Gasteiger partial charge < -0.3 is 0 Å². The van der Waals surface area contributed by atoms with Gasteiger partial charge in [-0.15, -0.1) is 0 Å². The van der Waals surface area contributed by atoms with E-state index in [0.717, 1.165) is 0 Å². The molecule has 0 fully saturated rings. The summed E-state index contributed by atoms with van der Waals surface area (Å²) < 4.78 is 0. The molecule has 1 amide bonds. The van der Waals surface area contributed by atoms with Crippen LogP contribution in [0, 0.1) is 0 Å². The summed E-state index contributed by atoms with van der Waals surface area (Å²) in [6.45, 7) is 0. The highest BCUT2D eigenvalue weighted by Gasteiger charge is 2.08. The Morgan fingerprint density at radius 1 is 1.16 bits per heavy atom. The number of aromatic amines is 1. The second-order valence-electron chi connectivity index (χ2n) is 4.03. The van der Waals surface area contributed by atoms with Crippen molar-refractivity contribution in [3.63, 3.8) is 0 Å². The van der Waals surface area contributed by atoms with Gasteiger partial charge in [0.25, 0.3) is 0 Å². The summed E-state index contributed by atoms with van der Waals surface area (Å²) in [4.78, 5) is 27.1. The highest BCUT2D eigenvalue weighted by molar-refractivity contribution is 5.96. The SMILES string of the molecule is O=C(CCCC(=O)c1ccccc1)Nc1ncn[nH]1. The number of H-pyrrole nitrogens is 1. The van der Waals surface area contributed by atoms with Crippen molar-refractivity contribution in [1.82, 2.24) is 15.2 Å². The molecule has 1 heterocycles. The fraction of sp³-hybridized carbons (Fsp3) is 0.231. The van der Waals surface area contributed by atoms with Gasteiger partial charge >= 0.3 is 0 Å². The van der Waals surface area contributed by atoms with Crippen LogP contribution in [0.3, 0.4) is 0 Å². The van der Waals surface area contributed by atoms with Gasteiger partial charge in [0, 0.05) is 18.4 Å². The Labute approximate surface area is 110 Å². The van der Waals surface area contributed by atoms with Crippen molar-refractivity contribution in [3.05, 3.63) is 42.2 Å². The molecular weight excluding hydrogens is 244 g/mol. The molecule has 0 atom stereocenters. The highest BCUT2D eigenvalue weighted by atomic mass is 16.1. The van der Waals surface area contributed by atoms with Gasteiger partial charge in [-0.3, -0.25) is 14.9 Å². The van der Waals surface area contributed by atoms with Crippen LogP contribution in [0.1, 0.15) is 29.6 Å². The molecule has 6 nitrogen and oxygen atoms in total. The average Bonchev–Trinajstić information content (AvgIpc) is 2.92. The van der Waals surface area contributed by atoms with Crippen molar-refractivity contribution in [3.8, 4) is 0 Å². The van der Waals surface area contributed by atoms with Crippen molar-refractivity contribution in [2.75, 3.05) is 5.32 Å². The second-order valence-corrected chi connectivity index (χ2v) is 4.03. The maximum Gasteiger partial charge on any atom is 0.226 e. The molecule has 0 aliphatic heterocycles. The Kier molecular flexibility index (Phi) is 4.39. The van der Waals surface area contributed by atoms with E-state index in [9.17, 15) is 9.59 Å². The third-order valence-corrected chi connectivity index (χ3v) is 2.58. The first-order valence-electron chi connectivity index (χ1n) is 5.99. The number of Topliss-reactive ketones (excluding diaryl/α,β-unsaturated/α-hetero) is 1. The van der Waals surface area contributed by atoms with E-state index >= 15 is 0 Å². The number of nitrogens with zero attached hydrogens (tertiary/aromatic N) is 2. The van der Waals surface area contributed by atoms with Crippen molar-refractivity contribution in [2.45, 2.75) is 19.3 Å². The predicted molar refractivity (Wildman–Crippen MR) is 69.6 cm³/mol. The lowest BCUT2D eigenvalue weighted by Crippen LogP contribution is -2.13. The molecule has 0 saturated carbocycles. The molecule has 19 heavy (non-hydrogen) atoms. The average molecular weight is 258 g/mol. The van der Waals surface area contributed by atoms with E-state index in [-0.39, 0.29) is 18.1 Å². The zero-order valence-corrected chi connectivity index (χ0v) is 10.3. The number of rotatable bonds is 6. The Morgan fingerprint density at radius 2 is 1.95 bits per heavy atom. The zero-order valence-electron chi connectivity index (χ0n) is 10.3. The molecule has 0 spiro atoms. The Morgan fingerprint density at radius 3 is 2.63 bits per heavy atom. The molecule has 6 heteroatoms. The van der Waals surface area contributed by atoms with Crippen LogP contribution in [0.15, 0.2) is 36.7 Å². The Balaban J connectivity index is 1.72. The fourth-order valence-corrected chi connectivity index (χ4v) is 1.64. The molecule has 0 unspecified atom stereocenters. The molecule has 0 saturated heterocycles. The van der Waals surface area contributed by atoms with Crippen molar-refractivity contribution in [2.24, 2.45) is 0 Å². The number of amides is 1. The van der Waals surface area contributed by atoms with Crippen molar-refractivity contribution < 1.29 is 9.59 Å². The number of anilines is 1. The van der Waals surface area contributed by atoms with Crippen LogP contribution in [0.4, 0.5) is 5.95 Å². The van der Waals surface area contributed by atoms with Gasteiger partial charge in [-0.05, 0) is 6.42 Å². The molecule has 98 valence electrons. The minimum absolute atomic E-state index is 0.0491. The van der Waals surface area contributed by atoms with E-state index in [1.165, 1.54) is 6.33 Å². The summed E-state index contributed by atoms with van der Waals surface area (Å²) >= 11 is 0. The summed E-state index contributed by atoms with van der Waals surface area (Å²) in [6.07, 6.45) is 2.45. The first-order chi connectivity index (χ1) is 9.25. The smallest absolute Gasteiger partial charge is 0.226 e. The van der Waals surface area contributed by atoms with Gasteiger partial charge in [0.15, 0.2) is 5.78 Å². The van der Waals surface area contributed by atoms with E-state index in [1.807, 2.05) is 18.2 Å². The lowest BCUT2D eigenvalue weighted by molar-refractivity contribution is -0.116. The summed E-state index contributed by atoms with van der Waals surface area (Å²) in [5.41, 5.74) is 0.679. The molecule has 1 aromatic carbocycles. The van der Waals surface area contributed by atoms with Crippen molar-refractivity contribution >= 4 is 17.6 Å². The van der Waals surface area contributed by atoms with Gasteiger partial charge in [0.1, 0.15) is 6.33 Å². The zero-order chi connectivity index (χ0) is 13.5. The third-order valence-electron chi connectivity index (χ3n) is 2.58. The minimum atomic E-state index is -0.183. The van der Waals surface area contributed by atoms with Crippen LogP contribution >= 0.6 is 0 Å². The number of hydrogen-bond donors (Lipinski definition) is 2. The van der Waals surface area contributed by atoms with Gasteiger partial charge in [0.2, 0.25) is 11.9 Å². The van der Waals surface area contributed by atoms with Crippen LogP contribution in [-0.2, 0) is 4.79 Å². The van der Waals surface area contributed by atoms with Gasteiger partial charge in [-0.2, -0.15) is 10.1 Å². The van der Waals surface area contributed by atoms with E-state index in [1.54, 1.807) is 12.1 Å². The third kappa shape index (κ3) is 4.02. The first kappa shape index (κ1) is 12.9. The number of nitrogens with one attached hydrogen (secondary N) is 2. The minimum Gasteiger partial charge on any atom is -0.295 e. The van der Waals surface area contributed by atoms with Crippen LogP contribution in [0.5, 0.6) is 0 Å². The number of aromatic nitrogens is 3. The number of carbonyl (C=O) groups excluding carboxylic acids is 2. The molecule has 0 radical (unpaired) electrons. The van der Waals surface area contributed by atoms with Crippen LogP contribution in [0.2, 0.25) is 0 Å². The van der Waals surface area contributed by atoms with E-state index in [0.29, 0.717) is 24.4 Å². The lowest BCUT2D eigenvalue weighted by atomic mass is 10.1. The largest absolute Gasteiger partial charge is 0.295 e. The quantitative estimate of drug-likeness (QED) is 0.773. The molecule has 2 rings (SSSR count). The molecule has 0 bridgehead atoms. The standard InChI is InChI=1S/C13H14N4O2/c18-11(10-5-2-1-3-6-10)7-4-8-12(19)16-13-14-9-15-17-13/h1-3,5-6,9H,4,7-8H2,(H2,14,15,16,17,19). The van der Waals surface area contributed by atoms with Gasteiger partial charge in [-0.1, -0.05) is 30.3 Å². The monoisotopic (exact) mass is 258 g/mol. The summed E-state index contributed by atoms with van der Waals surface area (Å²) in [5.74, 6) is 0.185. The predicted octanol–water partition coefficient (Wildman–Crippen LogP) is 1.80. The van der Waals surface area contributed by atoms with Gasteiger partial charge in [-0.25, -0.2) is 5.10 Å². The van der Waals surface area contributed by atoms with E-state index in [4.69, 9.17) is 0 Å². The van der Waals surface area contributed by atoms with E-state index in [2.05, 4.69) is 20.5 Å². The number of carbonyl (C=O) groups is 2. The Hall–Kier alpha value is -2.50. The number of hydrogen-bond acceptors (Lipinski definition) is 4. The summed E-state index contributed by atoms with van der Waals surface area (Å²) in [5, 5.41) is 8.71. The summed E-state index contributed by atoms with van der Waals surface area (Å²) in [7, 11) is 0. The first-order valence-corrected chi connectivity index (χ1v) is 5.99. The van der Waals surface area contributed by atoms with Crippen LogP contribution in [-0.4, -0.2) is 26.9 Å². The molecule has 0 aliphatic carbocycles. The maximum atomic E-state index is 11.8. The normalized spacial score (nSPS) is 10.1. The number of benzene rings is 1. The topological polar surface area (TPSA) is 87.7 Å². The van der Waals surface area contributed by atoms with Crippen LogP contribution < -0.4 is 5.32 Å². The maximum absolute atomic E-state index is 11.8. The molecule has 0 aliphatic rings.